The molecular weight excluding hydrogens is 973 g/mol. The van der Waals surface area contributed by atoms with Crippen LogP contribution in [-0.2, 0) is 28.6 Å². The number of hydrogen-bond acceptors (Lipinski definition) is 6. The number of carbonyl (C=O) groups is 3. The number of unbranched alkanes of at least 4 members (excludes halogenated alkanes) is 46. The maximum Gasteiger partial charge on any atom is 0.306 e. The van der Waals surface area contributed by atoms with Crippen molar-refractivity contribution in [2.24, 2.45) is 0 Å². The zero-order chi connectivity index (χ0) is 57.1. The fourth-order valence-electron chi connectivity index (χ4n) is 10.6. The summed E-state index contributed by atoms with van der Waals surface area (Å²) in [5, 5.41) is 0. The molecule has 0 aliphatic rings. The Kier molecular flexibility index (Phi) is 65.6. The standard InChI is InChI=1S/C73H134O6/c1-4-7-10-13-16-19-22-25-27-29-31-33-34-35-36-37-38-40-41-43-45-48-51-54-57-60-63-66-72(75)78-69-70(68-77-71(74)65-62-59-56-53-50-47-24-21-18-15-12-9-6-3)79-73(76)67-64-61-58-55-52-49-46-44-42-39-32-30-28-26-23-20-17-14-11-8-5-2/h9,12,18,21,30,32,47,50,70H,4-8,10-11,13-17,19-20,22-29,31,33-46,48-49,51-69H2,1-3H3/b12-9-,21-18-,32-30-,50-47-. The van der Waals surface area contributed by atoms with Gasteiger partial charge in [-0.3, -0.25) is 14.4 Å². The van der Waals surface area contributed by atoms with Crippen molar-refractivity contribution < 1.29 is 28.6 Å². The average molecular weight is 1110 g/mol. The molecule has 0 spiro atoms. The molecule has 0 rings (SSSR count). The van der Waals surface area contributed by atoms with E-state index in [0.717, 1.165) is 83.5 Å². The molecule has 0 bridgehead atoms. The van der Waals surface area contributed by atoms with E-state index in [1.54, 1.807) is 0 Å². The fraction of sp³-hybridized carbons (Fsp3) is 0.849. The van der Waals surface area contributed by atoms with Gasteiger partial charge in [0.2, 0.25) is 0 Å². The van der Waals surface area contributed by atoms with E-state index >= 15 is 0 Å². The van der Waals surface area contributed by atoms with Gasteiger partial charge < -0.3 is 14.2 Å². The second-order valence-electron chi connectivity index (χ2n) is 23.8. The molecule has 1 unspecified atom stereocenters. The number of carbonyl (C=O) groups excluding carboxylic acids is 3. The lowest BCUT2D eigenvalue weighted by molar-refractivity contribution is -0.167. The fourth-order valence-corrected chi connectivity index (χ4v) is 10.6. The molecule has 1 atom stereocenters. The van der Waals surface area contributed by atoms with Crippen LogP contribution in [0.3, 0.4) is 0 Å². The van der Waals surface area contributed by atoms with Crippen molar-refractivity contribution in [1.29, 1.82) is 0 Å². The molecule has 0 aromatic rings. The molecule has 6 heteroatoms. The Hall–Kier alpha value is -2.63. The summed E-state index contributed by atoms with van der Waals surface area (Å²) in [7, 11) is 0. The van der Waals surface area contributed by atoms with Crippen LogP contribution in [0.2, 0.25) is 0 Å². The minimum absolute atomic E-state index is 0.0794. The van der Waals surface area contributed by atoms with Crippen LogP contribution >= 0.6 is 0 Å². The minimum atomic E-state index is -0.786. The normalized spacial score (nSPS) is 12.3. The lowest BCUT2D eigenvalue weighted by atomic mass is 10.0. The van der Waals surface area contributed by atoms with Crippen molar-refractivity contribution in [2.45, 2.75) is 386 Å². The van der Waals surface area contributed by atoms with Gasteiger partial charge in [-0.2, -0.15) is 0 Å². The highest BCUT2D eigenvalue weighted by molar-refractivity contribution is 5.71. The van der Waals surface area contributed by atoms with E-state index in [1.165, 1.54) is 257 Å². The Bertz CT molecular complexity index is 1360. The first-order valence-corrected chi connectivity index (χ1v) is 35.1. The number of allylic oxidation sites excluding steroid dienone is 8. The number of esters is 3. The highest BCUT2D eigenvalue weighted by Crippen LogP contribution is 2.18. The summed E-state index contributed by atoms with van der Waals surface area (Å²) in [5.74, 6) is -0.888. The first kappa shape index (κ1) is 76.4. The molecule has 0 aromatic carbocycles. The largest absolute Gasteiger partial charge is 0.462 e. The Balaban J connectivity index is 4.22. The number of rotatable bonds is 65. The second-order valence-corrected chi connectivity index (χ2v) is 23.8. The molecule has 0 heterocycles. The van der Waals surface area contributed by atoms with Gasteiger partial charge in [-0.25, -0.2) is 0 Å². The Morgan fingerprint density at radius 3 is 0.797 bits per heavy atom. The Morgan fingerprint density at radius 2 is 0.494 bits per heavy atom. The maximum absolute atomic E-state index is 12.9. The third-order valence-electron chi connectivity index (χ3n) is 15.8. The van der Waals surface area contributed by atoms with Crippen LogP contribution in [-0.4, -0.2) is 37.2 Å². The monoisotopic (exact) mass is 1110 g/mol. The van der Waals surface area contributed by atoms with Gasteiger partial charge in [-0.1, -0.05) is 333 Å². The molecular formula is C73H134O6. The van der Waals surface area contributed by atoms with Gasteiger partial charge in [0.25, 0.3) is 0 Å². The summed E-state index contributed by atoms with van der Waals surface area (Å²) in [6.45, 7) is 6.57. The molecule has 0 saturated heterocycles. The molecule has 0 saturated carbocycles. The van der Waals surface area contributed by atoms with E-state index < -0.39 is 6.10 Å². The minimum Gasteiger partial charge on any atom is -0.462 e. The van der Waals surface area contributed by atoms with Gasteiger partial charge in [0.1, 0.15) is 13.2 Å². The van der Waals surface area contributed by atoms with Crippen LogP contribution in [0.4, 0.5) is 0 Å². The molecule has 0 aliphatic heterocycles. The van der Waals surface area contributed by atoms with Crippen molar-refractivity contribution in [1.82, 2.24) is 0 Å². The Labute approximate surface area is 492 Å². The summed E-state index contributed by atoms with van der Waals surface area (Å²) in [5.41, 5.74) is 0. The molecule has 0 radical (unpaired) electrons. The van der Waals surface area contributed by atoms with E-state index in [9.17, 15) is 14.4 Å². The zero-order valence-corrected chi connectivity index (χ0v) is 53.2. The van der Waals surface area contributed by atoms with Crippen LogP contribution in [0.1, 0.15) is 380 Å². The molecule has 0 aliphatic carbocycles. The zero-order valence-electron chi connectivity index (χ0n) is 53.2. The van der Waals surface area contributed by atoms with Gasteiger partial charge in [0.15, 0.2) is 6.10 Å². The summed E-state index contributed by atoms with van der Waals surface area (Å²) in [6, 6.07) is 0. The predicted octanol–water partition coefficient (Wildman–Crippen LogP) is 24.1. The molecule has 0 aromatic heterocycles. The van der Waals surface area contributed by atoms with E-state index in [2.05, 4.69) is 69.4 Å². The second kappa shape index (κ2) is 67.9. The van der Waals surface area contributed by atoms with E-state index in [4.69, 9.17) is 14.2 Å². The van der Waals surface area contributed by atoms with Crippen LogP contribution in [0.25, 0.3) is 0 Å². The summed E-state index contributed by atoms with van der Waals surface area (Å²) < 4.78 is 16.9. The van der Waals surface area contributed by atoms with Crippen molar-refractivity contribution >= 4 is 17.9 Å². The summed E-state index contributed by atoms with van der Waals surface area (Å²) >= 11 is 0. The average Bonchev–Trinajstić information content (AvgIpc) is 3.45. The van der Waals surface area contributed by atoms with Gasteiger partial charge in [0, 0.05) is 19.3 Å². The predicted molar refractivity (Wildman–Crippen MR) is 344 cm³/mol. The number of ether oxygens (including phenoxy) is 3. The molecule has 0 fully saturated rings. The van der Waals surface area contributed by atoms with Crippen LogP contribution in [0, 0.1) is 0 Å². The molecule has 0 N–H and O–H groups in total. The third kappa shape index (κ3) is 66.1. The van der Waals surface area contributed by atoms with E-state index in [-0.39, 0.29) is 31.1 Å². The topological polar surface area (TPSA) is 78.9 Å². The number of hydrogen-bond donors (Lipinski definition) is 0. The van der Waals surface area contributed by atoms with Gasteiger partial charge in [-0.15, -0.1) is 0 Å². The lowest BCUT2D eigenvalue weighted by Gasteiger charge is -2.18. The van der Waals surface area contributed by atoms with Crippen LogP contribution in [0.5, 0.6) is 0 Å². The molecule has 79 heavy (non-hydrogen) atoms. The quantitative estimate of drug-likeness (QED) is 0.0261. The van der Waals surface area contributed by atoms with Crippen LogP contribution in [0.15, 0.2) is 48.6 Å². The molecule has 0 amide bonds. The first-order chi connectivity index (χ1) is 39.0. The summed E-state index contributed by atoms with van der Waals surface area (Å²) in [6.07, 6.45) is 85.8. The van der Waals surface area contributed by atoms with E-state index in [0.29, 0.717) is 19.3 Å². The lowest BCUT2D eigenvalue weighted by Crippen LogP contribution is -2.30. The Morgan fingerprint density at radius 1 is 0.266 bits per heavy atom. The van der Waals surface area contributed by atoms with Gasteiger partial charge >= 0.3 is 17.9 Å². The van der Waals surface area contributed by atoms with Gasteiger partial charge in [-0.05, 0) is 77.0 Å². The van der Waals surface area contributed by atoms with Crippen molar-refractivity contribution in [2.75, 3.05) is 13.2 Å². The van der Waals surface area contributed by atoms with Crippen molar-refractivity contribution in [3.63, 3.8) is 0 Å². The smallest absolute Gasteiger partial charge is 0.306 e. The van der Waals surface area contributed by atoms with E-state index in [1.807, 2.05) is 0 Å². The van der Waals surface area contributed by atoms with Crippen LogP contribution < -0.4 is 0 Å². The van der Waals surface area contributed by atoms with Gasteiger partial charge in [0.05, 0.1) is 0 Å². The molecule has 462 valence electrons. The van der Waals surface area contributed by atoms with Crippen molar-refractivity contribution in [3.05, 3.63) is 48.6 Å². The van der Waals surface area contributed by atoms with Crippen molar-refractivity contribution in [3.8, 4) is 0 Å². The maximum atomic E-state index is 12.9. The molecule has 6 nitrogen and oxygen atoms in total. The third-order valence-corrected chi connectivity index (χ3v) is 15.8. The summed E-state index contributed by atoms with van der Waals surface area (Å²) in [4.78, 5) is 38.4. The first-order valence-electron chi connectivity index (χ1n) is 35.1. The SMILES string of the molecule is CC/C=C\C/C=C\C/C=C\CCCCCC(=O)OCC(COC(=O)CCCCCCCCCCCCCCCCCCCCCCCCCCCCC)OC(=O)CCCCCCCCCCC/C=C\CCCCCCCCCC. The highest BCUT2D eigenvalue weighted by atomic mass is 16.6. The highest BCUT2D eigenvalue weighted by Gasteiger charge is 2.19.